The van der Waals surface area contributed by atoms with E-state index in [2.05, 4.69) is 317 Å². The minimum Gasteiger partial charge on any atom is -0.310 e. The summed E-state index contributed by atoms with van der Waals surface area (Å²) in [5.74, 6) is 0. The molecule has 2 aliphatic carbocycles. The molecule has 0 unspecified atom stereocenters. The van der Waals surface area contributed by atoms with Crippen LogP contribution >= 0.6 is 0 Å². The van der Waals surface area contributed by atoms with Crippen LogP contribution in [-0.4, -0.2) is 0 Å². The van der Waals surface area contributed by atoms with Crippen molar-refractivity contribution in [3.8, 4) is 55.6 Å². The molecule has 0 aromatic heterocycles. The molecule has 0 amide bonds. The molecule has 0 spiro atoms. The minimum atomic E-state index is -0.231. The van der Waals surface area contributed by atoms with E-state index in [1.165, 1.54) is 99.1 Å². The number of anilines is 6. The lowest BCUT2D eigenvalue weighted by atomic mass is 9.81. The van der Waals surface area contributed by atoms with Crippen molar-refractivity contribution < 1.29 is 0 Å². The van der Waals surface area contributed by atoms with Crippen LogP contribution in [0.25, 0.3) is 88.0 Å². The van der Waals surface area contributed by atoms with E-state index in [1.54, 1.807) is 0 Å². The molecule has 2 nitrogen and oxygen atoms in total. The molecular formula is C78H58N2. The first kappa shape index (κ1) is 47.5. The average molecular weight is 1020 g/mol. The van der Waals surface area contributed by atoms with E-state index in [9.17, 15) is 0 Å². The zero-order valence-corrected chi connectivity index (χ0v) is 45.5. The van der Waals surface area contributed by atoms with Gasteiger partial charge in [0.2, 0.25) is 0 Å². The SMILES string of the molecule is CC1(C)c2ccccc2-c2ccc(N(c3ccc(-c4ccccc4)cc3)c3ccc(-c4ccc(N(c5ccc(-c6ccccc6)cc5)c5ccc6c(c5)C(C)(C)c5cc7c8ccccc8c8ccccc8c7cc5-6)cc4)cc3)cc21. The van der Waals surface area contributed by atoms with Gasteiger partial charge < -0.3 is 9.80 Å². The Morgan fingerprint density at radius 3 is 0.912 bits per heavy atom. The molecule has 0 aliphatic heterocycles. The highest BCUT2D eigenvalue weighted by Crippen LogP contribution is 2.54. The second-order valence-electron chi connectivity index (χ2n) is 22.9. The maximum Gasteiger partial charge on any atom is 0.0465 e. The molecule has 380 valence electrons. The van der Waals surface area contributed by atoms with Crippen LogP contribution in [0.2, 0.25) is 0 Å². The van der Waals surface area contributed by atoms with Gasteiger partial charge in [-0.15, -0.1) is 0 Å². The van der Waals surface area contributed by atoms with E-state index in [1.807, 2.05) is 0 Å². The monoisotopic (exact) mass is 1020 g/mol. The standard InChI is InChI=1S/C78H58N2/c1-77(2)73-26-16-15-25-67(73)68-45-43-61(47-74(68)77)79(57-35-27-53(28-36-57)51-17-7-5-8-18-51)59-39-31-55(32-40-59)56-33-41-60(42-34-56)80(58-37-29-54(30-38-58)52-19-9-6-10-20-52)62-44-46-69-72-49-70-65-23-13-11-21-63(65)64-22-12-14-24-66(64)71(70)50-76(72)78(3,4)75(69)48-62/h5-50H,1-4H3. The number of benzene rings is 13. The lowest BCUT2D eigenvalue weighted by Gasteiger charge is -2.29. The topological polar surface area (TPSA) is 6.48 Å². The molecule has 0 atom stereocenters. The lowest BCUT2D eigenvalue weighted by molar-refractivity contribution is 0.660. The molecule has 80 heavy (non-hydrogen) atoms. The van der Waals surface area contributed by atoms with Gasteiger partial charge in [0.15, 0.2) is 0 Å². The van der Waals surface area contributed by atoms with Crippen molar-refractivity contribution in [1.29, 1.82) is 0 Å². The molecule has 2 heteroatoms. The van der Waals surface area contributed by atoms with E-state index >= 15 is 0 Å². The van der Waals surface area contributed by atoms with Gasteiger partial charge in [0.1, 0.15) is 0 Å². The van der Waals surface area contributed by atoms with E-state index < -0.39 is 0 Å². The van der Waals surface area contributed by atoms with Crippen molar-refractivity contribution in [3.63, 3.8) is 0 Å². The van der Waals surface area contributed by atoms with Crippen LogP contribution in [-0.2, 0) is 10.8 Å². The first-order valence-electron chi connectivity index (χ1n) is 28.1. The molecule has 15 rings (SSSR count). The molecule has 13 aromatic rings. The van der Waals surface area contributed by atoms with Crippen molar-refractivity contribution in [1.82, 2.24) is 0 Å². The Morgan fingerprint density at radius 1 is 0.200 bits per heavy atom. The fourth-order valence-electron chi connectivity index (χ4n) is 13.5. The zero-order valence-electron chi connectivity index (χ0n) is 45.5. The molecule has 0 saturated carbocycles. The van der Waals surface area contributed by atoms with E-state index in [0.29, 0.717) is 0 Å². The third-order valence-corrected chi connectivity index (χ3v) is 17.7. The van der Waals surface area contributed by atoms with Crippen LogP contribution in [0, 0.1) is 0 Å². The Morgan fingerprint density at radius 2 is 0.487 bits per heavy atom. The highest BCUT2D eigenvalue weighted by atomic mass is 15.1. The van der Waals surface area contributed by atoms with Gasteiger partial charge in [0, 0.05) is 45.0 Å². The summed E-state index contributed by atoms with van der Waals surface area (Å²) in [6.45, 7) is 9.53. The number of hydrogen-bond acceptors (Lipinski definition) is 2. The Bertz CT molecular complexity index is 4530. The highest BCUT2D eigenvalue weighted by molar-refractivity contribution is 6.26. The fraction of sp³-hybridized carbons (Fsp3) is 0.0769. The molecule has 13 aromatic carbocycles. The van der Waals surface area contributed by atoms with Crippen LogP contribution in [0.15, 0.2) is 279 Å². The molecule has 0 heterocycles. The normalized spacial score (nSPS) is 13.4. The van der Waals surface area contributed by atoms with Crippen LogP contribution in [0.3, 0.4) is 0 Å². The largest absolute Gasteiger partial charge is 0.310 e. The quantitative estimate of drug-likeness (QED) is 0.133. The van der Waals surface area contributed by atoms with Gasteiger partial charge in [0.25, 0.3) is 0 Å². The predicted octanol–water partition coefficient (Wildman–Crippen LogP) is 21.7. The summed E-state index contributed by atoms with van der Waals surface area (Å²) >= 11 is 0. The Kier molecular flexibility index (Phi) is 10.9. The van der Waals surface area contributed by atoms with Gasteiger partial charge in [-0.2, -0.15) is 0 Å². The third kappa shape index (κ3) is 7.62. The van der Waals surface area contributed by atoms with Gasteiger partial charge in [-0.3, -0.25) is 0 Å². The van der Waals surface area contributed by atoms with Gasteiger partial charge in [-0.25, -0.2) is 0 Å². The average Bonchev–Trinajstić information content (AvgIpc) is 3.91. The van der Waals surface area contributed by atoms with Crippen LogP contribution < -0.4 is 9.80 Å². The van der Waals surface area contributed by atoms with Gasteiger partial charge in [-0.05, 0) is 195 Å². The van der Waals surface area contributed by atoms with E-state index in [4.69, 9.17) is 0 Å². The summed E-state index contributed by atoms with van der Waals surface area (Å²) < 4.78 is 0. The van der Waals surface area contributed by atoms with Crippen molar-refractivity contribution in [2.24, 2.45) is 0 Å². The highest BCUT2D eigenvalue weighted by Gasteiger charge is 2.38. The van der Waals surface area contributed by atoms with Crippen molar-refractivity contribution in [2.45, 2.75) is 38.5 Å². The summed E-state index contributed by atoms with van der Waals surface area (Å²) in [5.41, 5.74) is 24.2. The van der Waals surface area contributed by atoms with Crippen molar-refractivity contribution >= 4 is 66.4 Å². The summed E-state index contributed by atoms with van der Waals surface area (Å²) in [5, 5.41) is 7.83. The number of rotatable bonds is 9. The smallest absolute Gasteiger partial charge is 0.0465 e. The fourth-order valence-corrected chi connectivity index (χ4v) is 13.5. The molecule has 2 aliphatic rings. The Hall–Kier alpha value is -9.76. The summed E-state index contributed by atoms with van der Waals surface area (Å²) in [4.78, 5) is 4.83. The Labute approximate surface area is 469 Å². The number of nitrogens with zero attached hydrogens (tertiary/aromatic N) is 2. The van der Waals surface area contributed by atoms with Crippen molar-refractivity contribution in [2.75, 3.05) is 9.80 Å². The minimum absolute atomic E-state index is 0.118. The predicted molar refractivity (Wildman–Crippen MR) is 340 cm³/mol. The molecule has 0 saturated heterocycles. The van der Waals surface area contributed by atoms with Crippen molar-refractivity contribution in [3.05, 3.63) is 301 Å². The Balaban J connectivity index is 0.797. The number of hydrogen-bond donors (Lipinski definition) is 0. The zero-order chi connectivity index (χ0) is 53.7. The summed E-state index contributed by atoms with van der Waals surface area (Å²) in [7, 11) is 0. The second kappa shape index (κ2) is 18.4. The van der Waals surface area contributed by atoms with Crippen LogP contribution in [0.5, 0.6) is 0 Å². The molecule has 0 fully saturated rings. The maximum absolute atomic E-state index is 2.50. The molecule has 0 N–H and O–H groups in total. The lowest BCUT2D eigenvalue weighted by Crippen LogP contribution is -2.16. The summed E-state index contributed by atoms with van der Waals surface area (Å²) in [6, 6.07) is 103. The van der Waals surface area contributed by atoms with E-state index in [0.717, 1.165) is 45.3 Å². The van der Waals surface area contributed by atoms with E-state index in [-0.39, 0.29) is 10.8 Å². The second-order valence-corrected chi connectivity index (χ2v) is 22.9. The molecular weight excluding hydrogens is 965 g/mol. The molecule has 0 bridgehead atoms. The first-order chi connectivity index (χ1) is 39.2. The first-order valence-corrected chi connectivity index (χ1v) is 28.1. The van der Waals surface area contributed by atoms with Gasteiger partial charge >= 0.3 is 0 Å². The van der Waals surface area contributed by atoms with Gasteiger partial charge in [0.05, 0.1) is 0 Å². The summed E-state index contributed by atoms with van der Waals surface area (Å²) in [6.07, 6.45) is 0. The van der Waals surface area contributed by atoms with Crippen LogP contribution in [0.4, 0.5) is 34.1 Å². The third-order valence-electron chi connectivity index (χ3n) is 17.7. The number of fused-ring (bicyclic) bond motifs is 12. The van der Waals surface area contributed by atoms with Gasteiger partial charge in [-0.1, -0.05) is 222 Å². The maximum atomic E-state index is 2.50. The van der Waals surface area contributed by atoms with Crippen LogP contribution in [0.1, 0.15) is 49.9 Å². The molecule has 0 radical (unpaired) electrons.